The van der Waals surface area contributed by atoms with E-state index in [0.29, 0.717) is 6.54 Å². The Morgan fingerprint density at radius 2 is 1.50 bits per heavy atom. The fraction of sp³-hybridized carbons (Fsp3) is 0.250. The van der Waals surface area contributed by atoms with Gasteiger partial charge in [0.15, 0.2) is 0 Å². The molecule has 94 valence electrons. The fourth-order valence-electron chi connectivity index (χ4n) is 2.02. The molecule has 0 bridgehead atoms. The molecular weight excluding hydrogens is 222 g/mol. The Morgan fingerprint density at radius 3 is 2.06 bits per heavy atom. The molecular formula is C16H19NO. The summed E-state index contributed by atoms with van der Waals surface area (Å²) < 4.78 is 0. The zero-order valence-electron chi connectivity index (χ0n) is 10.4. The minimum Gasteiger partial charge on any atom is -0.396 e. The highest BCUT2D eigenvalue weighted by Gasteiger charge is 2.06. The van der Waals surface area contributed by atoms with E-state index in [-0.39, 0.29) is 12.5 Å². The van der Waals surface area contributed by atoms with Gasteiger partial charge in [0, 0.05) is 6.61 Å². The maximum atomic E-state index is 9.14. The van der Waals surface area contributed by atoms with E-state index >= 15 is 0 Å². The number of hydrogen-bond donors (Lipinski definition) is 2. The summed E-state index contributed by atoms with van der Waals surface area (Å²) in [6.07, 6.45) is 0.835. The number of aliphatic hydroxyl groups is 1. The van der Waals surface area contributed by atoms with Crippen molar-refractivity contribution < 1.29 is 5.11 Å². The molecule has 1 unspecified atom stereocenters. The highest BCUT2D eigenvalue weighted by Crippen LogP contribution is 2.20. The van der Waals surface area contributed by atoms with Crippen LogP contribution in [-0.2, 0) is 6.42 Å². The van der Waals surface area contributed by atoms with Crippen LogP contribution in [0, 0.1) is 5.92 Å². The predicted molar refractivity (Wildman–Crippen MR) is 75.2 cm³/mol. The monoisotopic (exact) mass is 241 g/mol. The van der Waals surface area contributed by atoms with Gasteiger partial charge < -0.3 is 10.8 Å². The predicted octanol–water partition coefficient (Wildman–Crippen LogP) is 2.46. The molecule has 0 aliphatic rings. The summed E-state index contributed by atoms with van der Waals surface area (Å²) in [5, 5.41) is 9.14. The molecule has 0 spiro atoms. The van der Waals surface area contributed by atoms with Gasteiger partial charge in [-0.25, -0.2) is 0 Å². The Bertz CT molecular complexity index is 460. The molecule has 0 saturated heterocycles. The fourth-order valence-corrected chi connectivity index (χ4v) is 2.02. The minimum atomic E-state index is 0.150. The maximum Gasteiger partial charge on any atom is 0.0474 e. The van der Waals surface area contributed by atoms with Crippen molar-refractivity contribution >= 4 is 0 Å². The summed E-state index contributed by atoms with van der Waals surface area (Å²) in [7, 11) is 0. The van der Waals surface area contributed by atoms with Crippen LogP contribution >= 0.6 is 0 Å². The van der Waals surface area contributed by atoms with Crippen molar-refractivity contribution in [3.8, 4) is 11.1 Å². The van der Waals surface area contributed by atoms with Crippen molar-refractivity contribution in [2.45, 2.75) is 6.42 Å². The molecule has 0 radical (unpaired) electrons. The van der Waals surface area contributed by atoms with Crippen LogP contribution in [-0.4, -0.2) is 18.3 Å². The van der Waals surface area contributed by atoms with Gasteiger partial charge in [-0.3, -0.25) is 0 Å². The third kappa shape index (κ3) is 3.19. The topological polar surface area (TPSA) is 46.2 Å². The summed E-state index contributed by atoms with van der Waals surface area (Å²) in [5.41, 5.74) is 9.25. The molecule has 2 heteroatoms. The third-order valence-corrected chi connectivity index (χ3v) is 3.18. The van der Waals surface area contributed by atoms with E-state index in [2.05, 4.69) is 36.4 Å². The first-order valence-corrected chi connectivity index (χ1v) is 6.28. The second-order valence-electron chi connectivity index (χ2n) is 4.55. The second kappa shape index (κ2) is 6.34. The number of aliphatic hydroxyl groups excluding tert-OH is 1. The standard InChI is InChI=1S/C16H19NO/c17-11-14(12-18)10-13-6-8-16(9-7-13)15-4-2-1-3-5-15/h1-9,14,18H,10-12,17H2. The molecule has 0 saturated carbocycles. The average molecular weight is 241 g/mol. The Morgan fingerprint density at radius 1 is 0.889 bits per heavy atom. The molecule has 3 N–H and O–H groups in total. The molecule has 2 aromatic carbocycles. The SMILES string of the molecule is NCC(CO)Cc1ccc(-c2ccccc2)cc1. The third-order valence-electron chi connectivity index (χ3n) is 3.18. The molecule has 2 nitrogen and oxygen atoms in total. The van der Waals surface area contributed by atoms with Crippen molar-refractivity contribution in [3.05, 3.63) is 60.2 Å². The highest BCUT2D eigenvalue weighted by molar-refractivity contribution is 5.63. The van der Waals surface area contributed by atoms with E-state index in [4.69, 9.17) is 10.8 Å². The van der Waals surface area contributed by atoms with Gasteiger partial charge in [0.1, 0.15) is 0 Å². The first-order valence-electron chi connectivity index (χ1n) is 6.28. The van der Waals surface area contributed by atoms with Crippen molar-refractivity contribution in [1.82, 2.24) is 0 Å². The number of nitrogens with two attached hydrogens (primary N) is 1. The van der Waals surface area contributed by atoms with Gasteiger partial charge in [-0.1, -0.05) is 54.6 Å². The minimum absolute atomic E-state index is 0.150. The Hall–Kier alpha value is -1.64. The van der Waals surface area contributed by atoms with Crippen molar-refractivity contribution in [3.63, 3.8) is 0 Å². The second-order valence-corrected chi connectivity index (χ2v) is 4.55. The molecule has 0 fully saturated rings. The Labute approximate surface area is 108 Å². The van der Waals surface area contributed by atoms with E-state index in [1.54, 1.807) is 0 Å². The molecule has 18 heavy (non-hydrogen) atoms. The Balaban J connectivity index is 2.11. The van der Waals surface area contributed by atoms with Crippen LogP contribution in [0.2, 0.25) is 0 Å². The van der Waals surface area contributed by atoms with Crippen LogP contribution in [0.4, 0.5) is 0 Å². The van der Waals surface area contributed by atoms with E-state index in [1.165, 1.54) is 16.7 Å². The molecule has 0 amide bonds. The number of hydrogen-bond acceptors (Lipinski definition) is 2. The van der Waals surface area contributed by atoms with Gasteiger partial charge in [-0.05, 0) is 35.6 Å². The van der Waals surface area contributed by atoms with E-state index in [9.17, 15) is 0 Å². The quantitative estimate of drug-likeness (QED) is 0.844. The number of rotatable bonds is 5. The average Bonchev–Trinajstić information content (AvgIpc) is 2.46. The first-order chi connectivity index (χ1) is 8.83. The molecule has 0 aliphatic heterocycles. The first kappa shape index (κ1) is 12.8. The van der Waals surface area contributed by atoms with E-state index in [1.807, 2.05) is 18.2 Å². The van der Waals surface area contributed by atoms with E-state index in [0.717, 1.165) is 6.42 Å². The van der Waals surface area contributed by atoms with Crippen LogP contribution in [0.25, 0.3) is 11.1 Å². The Kier molecular flexibility index (Phi) is 4.51. The van der Waals surface area contributed by atoms with Crippen LogP contribution in [0.15, 0.2) is 54.6 Å². The molecule has 2 aromatic rings. The van der Waals surface area contributed by atoms with Crippen LogP contribution in [0.1, 0.15) is 5.56 Å². The van der Waals surface area contributed by atoms with Gasteiger partial charge in [-0.15, -0.1) is 0 Å². The van der Waals surface area contributed by atoms with Crippen molar-refractivity contribution in [2.75, 3.05) is 13.2 Å². The van der Waals surface area contributed by atoms with Crippen molar-refractivity contribution in [1.29, 1.82) is 0 Å². The molecule has 0 aromatic heterocycles. The normalized spacial score (nSPS) is 12.3. The van der Waals surface area contributed by atoms with Gasteiger partial charge in [0.25, 0.3) is 0 Å². The van der Waals surface area contributed by atoms with Gasteiger partial charge >= 0.3 is 0 Å². The lowest BCUT2D eigenvalue weighted by Crippen LogP contribution is -2.20. The maximum absolute atomic E-state index is 9.14. The molecule has 0 aliphatic carbocycles. The lowest BCUT2D eigenvalue weighted by atomic mass is 9.97. The number of benzene rings is 2. The highest BCUT2D eigenvalue weighted by atomic mass is 16.3. The summed E-state index contributed by atoms with van der Waals surface area (Å²) in [6.45, 7) is 0.674. The molecule has 0 heterocycles. The zero-order chi connectivity index (χ0) is 12.8. The lowest BCUT2D eigenvalue weighted by Gasteiger charge is -2.11. The summed E-state index contributed by atoms with van der Waals surface area (Å²) in [4.78, 5) is 0. The zero-order valence-corrected chi connectivity index (χ0v) is 10.4. The smallest absolute Gasteiger partial charge is 0.0474 e. The van der Waals surface area contributed by atoms with Gasteiger partial charge in [-0.2, -0.15) is 0 Å². The largest absolute Gasteiger partial charge is 0.396 e. The van der Waals surface area contributed by atoms with Crippen LogP contribution in [0.3, 0.4) is 0 Å². The van der Waals surface area contributed by atoms with Crippen LogP contribution < -0.4 is 5.73 Å². The van der Waals surface area contributed by atoms with E-state index < -0.39 is 0 Å². The molecule has 1 atom stereocenters. The lowest BCUT2D eigenvalue weighted by molar-refractivity contribution is 0.230. The van der Waals surface area contributed by atoms with Gasteiger partial charge in [0.05, 0.1) is 0 Å². The van der Waals surface area contributed by atoms with Gasteiger partial charge in [0.2, 0.25) is 0 Å². The molecule has 2 rings (SSSR count). The van der Waals surface area contributed by atoms with Crippen molar-refractivity contribution in [2.24, 2.45) is 11.7 Å². The summed E-state index contributed by atoms with van der Waals surface area (Å²) in [6, 6.07) is 18.8. The summed E-state index contributed by atoms with van der Waals surface area (Å²) in [5.74, 6) is 0.160. The van der Waals surface area contributed by atoms with Crippen LogP contribution in [0.5, 0.6) is 0 Å². The summed E-state index contributed by atoms with van der Waals surface area (Å²) >= 11 is 0.